The van der Waals surface area contributed by atoms with Gasteiger partial charge in [-0.05, 0) is 43.0 Å². The van der Waals surface area contributed by atoms with E-state index in [0.717, 1.165) is 25.7 Å². The number of amides is 3. The lowest BCUT2D eigenvalue weighted by Gasteiger charge is -2.20. The molecule has 3 aromatic rings. The molecule has 0 radical (unpaired) electrons. The third kappa shape index (κ3) is 5.32. The Morgan fingerprint density at radius 1 is 0.969 bits per heavy atom. The number of carbonyl (C=O) groups excluding carboxylic acids is 3. The second kappa shape index (κ2) is 10.1. The van der Waals surface area contributed by atoms with Crippen molar-refractivity contribution < 1.29 is 18.8 Å². The summed E-state index contributed by atoms with van der Waals surface area (Å²) in [7, 11) is 0. The molecule has 1 aliphatic rings. The maximum Gasteiger partial charge on any atom is 0.270 e. The molecule has 0 atom stereocenters. The molecule has 3 N–H and O–H groups in total. The Balaban J connectivity index is 1.35. The quantitative estimate of drug-likeness (QED) is 0.515. The van der Waals surface area contributed by atoms with E-state index in [2.05, 4.69) is 21.2 Å². The number of hydrazine groups is 1. The Bertz CT molecular complexity index is 1100. The van der Waals surface area contributed by atoms with Gasteiger partial charge in [0.05, 0.1) is 23.9 Å². The molecular formula is C24H26N4O4. The van der Waals surface area contributed by atoms with Gasteiger partial charge in [0.1, 0.15) is 5.69 Å². The first-order chi connectivity index (χ1) is 15.6. The largest absolute Gasteiger partial charge is 0.463 e. The molecule has 2 aromatic heterocycles. The fourth-order valence-electron chi connectivity index (χ4n) is 4.06. The molecule has 0 unspecified atom stereocenters. The molecule has 0 aliphatic heterocycles. The van der Waals surface area contributed by atoms with Crippen LogP contribution in [0.4, 0.5) is 0 Å². The summed E-state index contributed by atoms with van der Waals surface area (Å²) in [5, 5.41) is 3.27. The molecule has 32 heavy (non-hydrogen) atoms. The van der Waals surface area contributed by atoms with Gasteiger partial charge in [0.15, 0.2) is 5.76 Å². The number of rotatable bonds is 6. The Morgan fingerprint density at radius 2 is 1.78 bits per heavy atom. The van der Waals surface area contributed by atoms with Crippen molar-refractivity contribution in [2.75, 3.05) is 6.54 Å². The standard InChI is InChI=1S/C24H26N4O4/c29-22(13-16-7-2-1-3-8-16)25-15-23(30)27-28-24(31)18-14-20(21-11-6-12-32-21)26-19-10-5-4-9-17(18)19/h4-6,9-12,14,16H,1-3,7-8,13,15H2,(H,25,29)(H,27,30)(H,28,31). The summed E-state index contributed by atoms with van der Waals surface area (Å²) in [6.45, 7) is -0.194. The fourth-order valence-corrected chi connectivity index (χ4v) is 4.06. The molecule has 1 aliphatic carbocycles. The van der Waals surface area contributed by atoms with E-state index in [0.29, 0.717) is 40.3 Å². The highest BCUT2D eigenvalue weighted by Crippen LogP contribution is 2.26. The van der Waals surface area contributed by atoms with Gasteiger partial charge in [0.2, 0.25) is 5.91 Å². The van der Waals surface area contributed by atoms with Gasteiger partial charge in [-0.15, -0.1) is 0 Å². The number of carbonyl (C=O) groups is 3. The molecule has 166 valence electrons. The zero-order chi connectivity index (χ0) is 22.3. The summed E-state index contributed by atoms with van der Waals surface area (Å²) in [5.74, 6) is -0.191. The maximum atomic E-state index is 12.8. The fraction of sp³-hybridized carbons (Fsp3) is 0.333. The number of para-hydroxylation sites is 1. The third-order valence-electron chi connectivity index (χ3n) is 5.69. The molecule has 8 heteroatoms. The van der Waals surface area contributed by atoms with Crippen molar-refractivity contribution in [2.45, 2.75) is 38.5 Å². The molecule has 0 spiro atoms. The van der Waals surface area contributed by atoms with Crippen LogP contribution >= 0.6 is 0 Å². The van der Waals surface area contributed by atoms with Crippen molar-refractivity contribution >= 4 is 28.6 Å². The Hall–Kier alpha value is -3.68. The summed E-state index contributed by atoms with van der Waals surface area (Å²) in [5.41, 5.74) is 6.28. The average Bonchev–Trinajstić information content (AvgIpc) is 3.36. The van der Waals surface area contributed by atoms with E-state index < -0.39 is 11.8 Å². The van der Waals surface area contributed by atoms with Gasteiger partial charge in [0, 0.05) is 11.8 Å². The first-order valence-corrected chi connectivity index (χ1v) is 10.9. The van der Waals surface area contributed by atoms with Gasteiger partial charge in [-0.2, -0.15) is 0 Å². The molecule has 4 rings (SSSR count). The third-order valence-corrected chi connectivity index (χ3v) is 5.69. The zero-order valence-electron chi connectivity index (χ0n) is 17.7. The number of furan rings is 1. The summed E-state index contributed by atoms with van der Waals surface area (Å²) < 4.78 is 5.41. The monoisotopic (exact) mass is 434 g/mol. The Morgan fingerprint density at radius 3 is 2.56 bits per heavy atom. The van der Waals surface area contributed by atoms with Crippen molar-refractivity contribution in [3.05, 3.63) is 54.3 Å². The lowest BCUT2D eigenvalue weighted by Crippen LogP contribution is -2.46. The SMILES string of the molecule is O=C(CC1CCCCC1)NCC(=O)NNC(=O)c1cc(-c2ccco2)nc2ccccc12. The Kier molecular flexibility index (Phi) is 6.79. The lowest BCUT2D eigenvalue weighted by molar-refractivity contribution is -0.127. The molecule has 1 saturated carbocycles. The minimum absolute atomic E-state index is 0.137. The van der Waals surface area contributed by atoms with E-state index in [1.807, 2.05) is 12.1 Å². The van der Waals surface area contributed by atoms with E-state index in [-0.39, 0.29) is 12.5 Å². The first kappa shape index (κ1) is 21.5. The van der Waals surface area contributed by atoms with E-state index in [1.54, 1.807) is 30.3 Å². The molecular weight excluding hydrogens is 408 g/mol. The molecule has 2 heterocycles. The van der Waals surface area contributed by atoms with Crippen LogP contribution in [-0.4, -0.2) is 29.3 Å². The van der Waals surface area contributed by atoms with E-state index in [4.69, 9.17) is 4.42 Å². The molecule has 1 aromatic carbocycles. The van der Waals surface area contributed by atoms with Crippen molar-refractivity contribution in [3.63, 3.8) is 0 Å². The predicted octanol–water partition coefficient (Wildman–Crippen LogP) is 3.34. The average molecular weight is 434 g/mol. The van der Waals surface area contributed by atoms with Gasteiger partial charge < -0.3 is 9.73 Å². The normalized spacial score (nSPS) is 14.1. The van der Waals surface area contributed by atoms with Crippen molar-refractivity contribution in [2.24, 2.45) is 5.92 Å². The van der Waals surface area contributed by atoms with Crippen molar-refractivity contribution in [1.29, 1.82) is 0 Å². The summed E-state index contributed by atoms with van der Waals surface area (Å²) in [4.78, 5) is 41.6. The second-order valence-corrected chi connectivity index (χ2v) is 8.04. The van der Waals surface area contributed by atoms with Crippen LogP contribution in [-0.2, 0) is 9.59 Å². The Labute approximate surface area is 185 Å². The van der Waals surface area contributed by atoms with Crippen LogP contribution in [0, 0.1) is 5.92 Å². The summed E-state index contributed by atoms with van der Waals surface area (Å²) >= 11 is 0. The van der Waals surface area contributed by atoms with Crippen LogP contribution in [0.5, 0.6) is 0 Å². The number of aromatic nitrogens is 1. The molecule has 0 bridgehead atoms. The smallest absolute Gasteiger partial charge is 0.270 e. The molecule has 8 nitrogen and oxygen atoms in total. The van der Waals surface area contributed by atoms with Crippen LogP contribution in [0.25, 0.3) is 22.4 Å². The number of benzene rings is 1. The van der Waals surface area contributed by atoms with Gasteiger partial charge >= 0.3 is 0 Å². The lowest BCUT2D eigenvalue weighted by atomic mass is 9.87. The number of pyridine rings is 1. The highest BCUT2D eigenvalue weighted by Gasteiger charge is 2.18. The highest BCUT2D eigenvalue weighted by atomic mass is 16.3. The van der Waals surface area contributed by atoms with Gasteiger partial charge in [-0.3, -0.25) is 25.2 Å². The van der Waals surface area contributed by atoms with E-state index >= 15 is 0 Å². The van der Waals surface area contributed by atoms with E-state index in [9.17, 15) is 14.4 Å². The number of fused-ring (bicyclic) bond motifs is 1. The van der Waals surface area contributed by atoms with Crippen LogP contribution in [0.1, 0.15) is 48.9 Å². The van der Waals surface area contributed by atoms with Crippen LogP contribution in [0.3, 0.4) is 0 Å². The second-order valence-electron chi connectivity index (χ2n) is 8.04. The number of hydrogen-bond donors (Lipinski definition) is 3. The van der Waals surface area contributed by atoms with Crippen LogP contribution in [0.2, 0.25) is 0 Å². The number of hydrogen-bond acceptors (Lipinski definition) is 5. The van der Waals surface area contributed by atoms with Crippen LogP contribution in [0.15, 0.2) is 53.1 Å². The minimum Gasteiger partial charge on any atom is -0.463 e. The number of nitrogens with zero attached hydrogens (tertiary/aromatic N) is 1. The molecule has 3 amide bonds. The van der Waals surface area contributed by atoms with E-state index in [1.165, 1.54) is 12.7 Å². The molecule has 1 fully saturated rings. The van der Waals surface area contributed by atoms with Gasteiger partial charge in [-0.25, -0.2) is 4.98 Å². The van der Waals surface area contributed by atoms with Crippen LogP contribution < -0.4 is 16.2 Å². The number of nitrogens with one attached hydrogen (secondary N) is 3. The minimum atomic E-state index is -0.500. The first-order valence-electron chi connectivity index (χ1n) is 10.9. The van der Waals surface area contributed by atoms with Crippen molar-refractivity contribution in [3.8, 4) is 11.5 Å². The molecule has 0 saturated heterocycles. The summed E-state index contributed by atoms with van der Waals surface area (Å²) in [6, 6.07) is 12.4. The zero-order valence-corrected chi connectivity index (χ0v) is 17.7. The maximum absolute atomic E-state index is 12.8. The highest BCUT2D eigenvalue weighted by molar-refractivity contribution is 6.07. The predicted molar refractivity (Wildman–Crippen MR) is 119 cm³/mol. The van der Waals surface area contributed by atoms with Gasteiger partial charge in [0.25, 0.3) is 11.8 Å². The van der Waals surface area contributed by atoms with Gasteiger partial charge in [-0.1, -0.05) is 37.5 Å². The topological polar surface area (TPSA) is 113 Å². The summed E-state index contributed by atoms with van der Waals surface area (Å²) in [6.07, 6.45) is 7.67. The van der Waals surface area contributed by atoms with Crippen molar-refractivity contribution in [1.82, 2.24) is 21.2 Å².